The van der Waals surface area contributed by atoms with Crippen molar-refractivity contribution < 1.29 is 4.79 Å². The summed E-state index contributed by atoms with van der Waals surface area (Å²) in [4.78, 5) is 28.8. The van der Waals surface area contributed by atoms with Gasteiger partial charge in [0, 0.05) is 18.6 Å². The zero-order valence-corrected chi connectivity index (χ0v) is 12.2. The fourth-order valence-electron chi connectivity index (χ4n) is 1.96. The van der Waals surface area contributed by atoms with Crippen LogP contribution in [0.4, 0.5) is 5.82 Å². The molecule has 0 saturated heterocycles. The van der Waals surface area contributed by atoms with E-state index in [1.807, 2.05) is 24.3 Å². The average Bonchev–Trinajstić information content (AvgIpc) is 2.61. The molecule has 1 amide bonds. The van der Waals surface area contributed by atoms with Crippen LogP contribution >= 0.6 is 0 Å². The van der Waals surface area contributed by atoms with Crippen molar-refractivity contribution in [3.05, 3.63) is 66.2 Å². The lowest BCUT2D eigenvalue weighted by atomic mass is 10.2. The highest BCUT2D eigenvalue weighted by atomic mass is 16.1. The van der Waals surface area contributed by atoms with Gasteiger partial charge in [-0.25, -0.2) is 9.97 Å². The van der Waals surface area contributed by atoms with Crippen LogP contribution < -0.4 is 11.1 Å². The highest BCUT2D eigenvalue weighted by Crippen LogP contribution is 2.15. The molecule has 3 aromatic rings. The van der Waals surface area contributed by atoms with Crippen LogP contribution in [0.1, 0.15) is 16.1 Å². The van der Waals surface area contributed by atoms with Gasteiger partial charge in [-0.2, -0.15) is 0 Å². The average molecular weight is 306 g/mol. The number of nitrogens with zero attached hydrogens (tertiary/aromatic N) is 4. The first-order chi connectivity index (χ1) is 11.2. The third-order valence-electron chi connectivity index (χ3n) is 3.11. The summed E-state index contributed by atoms with van der Waals surface area (Å²) in [7, 11) is 0. The fraction of sp³-hybridized carbons (Fsp3) is 0.0625. The molecule has 0 radical (unpaired) electrons. The Morgan fingerprint density at radius 1 is 1.04 bits per heavy atom. The molecule has 0 atom stereocenters. The molecule has 114 valence electrons. The van der Waals surface area contributed by atoms with Crippen molar-refractivity contribution in [2.75, 3.05) is 5.73 Å². The lowest BCUT2D eigenvalue weighted by Gasteiger charge is -2.07. The first kappa shape index (κ1) is 14.6. The topological polar surface area (TPSA) is 107 Å². The number of anilines is 1. The molecule has 3 heterocycles. The second-order valence-electron chi connectivity index (χ2n) is 4.71. The minimum atomic E-state index is -0.347. The number of pyridine rings is 2. The van der Waals surface area contributed by atoms with Crippen molar-refractivity contribution in [3.63, 3.8) is 0 Å². The summed E-state index contributed by atoms with van der Waals surface area (Å²) in [5, 5.41) is 2.74. The number of nitrogen functional groups attached to an aromatic ring is 1. The van der Waals surface area contributed by atoms with Crippen molar-refractivity contribution >= 4 is 11.7 Å². The molecule has 0 aliphatic carbocycles. The van der Waals surface area contributed by atoms with E-state index in [0.29, 0.717) is 18.1 Å². The zero-order valence-electron chi connectivity index (χ0n) is 12.2. The highest BCUT2D eigenvalue weighted by molar-refractivity contribution is 5.98. The van der Waals surface area contributed by atoms with Crippen LogP contribution in [-0.4, -0.2) is 25.8 Å². The minimum absolute atomic E-state index is 0.110. The first-order valence-corrected chi connectivity index (χ1v) is 6.96. The van der Waals surface area contributed by atoms with Gasteiger partial charge in [-0.05, 0) is 24.3 Å². The van der Waals surface area contributed by atoms with Gasteiger partial charge in [-0.3, -0.25) is 14.8 Å². The molecule has 0 aliphatic rings. The summed E-state index contributed by atoms with van der Waals surface area (Å²) in [6.07, 6.45) is 4.71. The lowest BCUT2D eigenvalue weighted by Crippen LogP contribution is -2.25. The molecule has 0 bridgehead atoms. The maximum absolute atomic E-state index is 12.2. The van der Waals surface area contributed by atoms with Gasteiger partial charge in [0.25, 0.3) is 5.91 Å². The molecule has 23 heavy (non-hydrogen) atoms. The number of amides is 1. The van der Waals surface area contributed by atoms with Crippen LogP contribution in [0, 0.1) is 0 Å². The Morgan fingerprint density at radius 3 is 2.48 bits per heavy atom. The second-order valence-corrected chi connectivity index (χ2v) is 4.71. The van der Waals surface area contributed by atoms with Crippen LogP contribution in [0.2, 0.25) is 0 Å². The predicted octanol–water partition coefficient (Wildman–Crippen LogP) is 1.45. The molecular weight excluding hydrogens is 292 g/mol. The van der Waals surface area contributed by atoms with Crippen LogP contribution in [0.25, 0.3) is 11.5 Å². The number of carbonyl (C=O) groups is 1. The molecule has 0 aromatic carbocycles. The normalized spacial score (nSPS) is 10.3. The summed E-state index contributed by atoms with van der Waals surface area (Å²) in [5.41, 5.74) is 7.45. The Labute approximate surface area is 132 Å². The zero-order chi connectivity index (χ0) is 16.1. The Hall–Kier alpha value is -3.35. The molecule has 3 N–H and O–H groups in total. The fourth-order valence-corrected chi connectivity index (χ4v) is 1.96. The van der Waals surface area contributed by atoms with Crippen LogP contribution in [0.5, 0.6) is 0 Å². The van der Waals surface area contributed by atoms with Crippen LogP contribution in [0.3, 0.4) is 0 Å². The maximum atomic E-state index is 12.2. The van der Waals surface area contributed by atoms with Gasteiger partial charge in [-0.1, -0.05) is 12.1 Å². The number of hydrogen-bond acceptors (Lipinski definition) is 6. The Balaban J connectivity index is 1.74. The van der Waals surface area contributed by atoms with E-state index < -0.39 is 0 Å². The van der Waals surface area contributed by atoms with Gasteiger partial charge >= 0.3 is 0 Å². The SMILES string of the molecule is Nc1nc(-c2ccccn2)ncc1C(=O)NCc1ccccn1. The summed E-state index contributed by atoms with van der Waals surface area (Å²) >= 11 is 0. The van der Waals surface area contributed by atoms with E-state index in [9.17, 15) is 4.79 Å². The van der Waals surface area contributed by atoms with Gasteiger partial charge in [0.05, 0.1) is 17.8 Å². The number of aromatic nitrogens is 4. The quantitative estimate of drug-likeness (QED) is 0.755. The Morgan fingerprint density at radius 2 is 1.83 bits per heavy atom. The number of rotatable bonds is 4. The predicted molar refractivity (Wildman–Crippen MR) is 85.1 cm³/mol. The number of hydrogen-bond donors (Lipinski definition) is 2. The lowest BCUT2D eigenvalue weighted by molar-refractivity contribution is 0.0950. The third kappa shape index (κ3) is 3.46. The van der Waals surface area contributed by atoms with Gasteiger partial charge in [0.2, 0.25) is 0 Å². The van der Waals surface area contributed by atoms with E-state index in [1.165, 1.54) is 6.20 Å². The standard InChI is InChI=1S/C16H14N6O/c17-14-12(16(23)21-9-11-5-1-3-7-18-11)10-20-15(22-14)13-6-2-4-8-19-13/h1-8,10H,9H2,(H,21,23)(H2,17,20,22). The van der Waals surface area contributed by atoms with Gasteiger partial charge in [-0.15, -0.1) is 0 Å². The maximum Gasteiger partial charge on any atom is 0.256 e. The van der Waals surface area contributed by atoms with E-state index in [1.54, 1.807) is 24.5 Å². The summed E-state index contributed by atoms with van der Waals surface area (Å²) in [6, 6.07) is 10.9. The Kier molecular flexibility index (Phi) is 4.19. The van der Waals surface area contributed by atoms with Crippen molar-refractivity contribution in [2.24, 2.45) is 0 Å². The van der Waals surface area contributed by atoms with Crippen molar-refractivity contribution in [3.8, 4) is 11.5 Å². The van der Waals surface area contributed by atoms with Crippen LogP contribution in [-0.2, 0) is 6.54 Å². The number of carbonyl (C=O) groups excluding carboxylic acids is 1. The van der Waals surface area contributed by atoms with E-state index in [2.05, 4.69) is 25.3 Å². The monoisotopic (exact) mass is 306 g/mol. The van der Waals surface area contributed by atoms with Crippen LogP contribution in [0.15, 0.2) is 55.0 Å². The van der Waals surface area contributed by atoms with Crippen molar-refractivity contribution in [1.29, 1.82) is 0 Å². The van der Waals surface area contributed by atoms with E-state index in [-0.39, 0.29) is 17.3 Å². The molecule has 3 rings (SSSR count). The molecule has 7 nitrogen and oxygen atoms in total. The largest absolute Gasteiger partial charge is 0.383 e. The van der Waals surface area contributed by atoms with E-state index in [4.69, 9.17) is 5.73 Å². The molecule has 7 heteroatoms. The van der Waals surface area contributed by atoms with E-state index >= 15 is 0 Å². The molecule has 0 fully saturated rings. The second kappa shape index (κ2) is 6.61. The minimum Gasteiger partial charge on any atom is -0.383 e. The first-order valence-electron chi connectivity index (χ1n) is 6.96. The number of nitrogens with two attached hydrogens (primary N) is 1. The number of nitrogens with one attached hydrogen (secondary N) is 1. The summed E-state index contributed by atoms with van der Waals surface area (Å²) in [6.45, 7) is 0.307. The third-order valence-corrected chi connectivity index (χ3v) is 3.11. The molecule has 0 spiro atoms. The smallest absolute Gasteiger partial charge is 0.256 e. The van der Waals surface area contributed by atoms with Gasteiger partial charge in [0.1, 0.15) is 11.5 Å². The van der Waals surface area contributed by atoms with Crippen molar-refractivity contribution in [2.45, 2.75) is 6.54 Å². The molecule has 0 aliphatic heterocycles. The highest BCUT2D eigenvalue weighted by Gasteiger charge is 2.13. The van der Waals surface area contributed by atoms with Gasteiger partial charge in [0.15, 0.2) is 5.82 Å². The molecular formula is C16H14N6O. The molecule has 0 unspecified atom stereocenters. The summed E-state index contributed by atoms with van der Waals surface area (Å²) < 4.78 is 0. The Bertz CT molecular complexity index is 807. The summed E-state index contributed by atoms with van der Waals surface area (Å²) in [5.74, 6) is 0.143. The van der Waals surface area contributed by atoms with Gasteiger partial charge < -0.3 is 11.1 Å². The van der Waals surface area contributed by atoms with E-state index in [0.717, 1.165) is 5.69 Å². The van der Waals surface area contributed by atoms with Crippen molar-refractivity contribution in [1.82, 2.24) is 25.3 Å². The molecule has 0 saturated carbocycles. The molecule has 3 aromatic heterocycles.